The fourth-order valence-electron chi connectivity index (χ4n) is 0. The molecule has 0 atom stereocenters. The van der Waals surface area contributed by atoms with Crippen molar-refractivity contribution in [2.45, 2.75) is 0 Å². The Balaban J connectivity index is -0.0000000400. The maximum absolute atomic E-state index is 8.58. The highest BCUT2D eigenvalue weighted by atomic mass is 35.5. The maximum Gasteiger partial charge on any atom is 0.204 e. The third kappa shape index (κ3) is 92.0. The lowest BCUT2D eigenvalue weighted by Gasteiger charge is -1.32. The summed E-state index contributed by atoms with van der Waals surface area (Å²) in [6.45, 7) is 0. The predicted molar refractivity (Wildman–Crippen MR) is 27.8 cm³/mol. The monoisotopic (exact) mass is 126 g/mol. The van der Waals surface area contributed by atoms with Gasteiger partial charge in [0, 0.05) is 0 Å². The van der Waals surface area contributed by atoms with Crippen LogP contribution in [0.3, 0.4) is 0 Å². The molecule has 0 aliphatic carbocycles. The number of amides is 2. The van der Waals surface area contributed by atoms with Gasteiger partial charge in [0.1, 0.15) is 0 Å². The van der Waals surface area contributed by atoms with Gasteiger partial charge < -0.3 is 11.5 Å². The molecule has 0 bridgehead atoms. The van der Waals surface area contributed by atoms with Crippen molar-refractivity contribution in [3.05, 3.63) is 0 Å². The topological polar surface area (TPSA) is 86.2 Å². The minimum atomic E-state index is 0. The minimum absolute atomic E-state index is 0. The lowest BCUT2D eigenvalue weighted by molar-refractivity contribution is -0.107. The van der Waals surface area contributed by atoms with E-state index >= 15 is 0 Å². The summed E-state index contributed by atoms with van der Waals surface area (Å²) >= 11 is 0. The molecule has 0 spiro atoms. The summed E-state index contributed by atoms with van der Waals surface area (Å²) in [5, 5.41) is 0. The normalized spacial score (nSPS) is 3.43. The van der Waals surface area contributed by atoms with E-state index < -0.39 is 0 Å². The summed E-state index contributed by atoms with van der Waals surface area (Å²) in [7, 11) is 0. The van der Waals surface area contributed by atoms with Gasteiger partial charge in [0.2, 0.25) is 12.8 Å². The van der Waals surface area contributed by atoms with Crippen molar-refractivity contribution in [3.8, 4) is 0 Å². The van der Waals surface area contributed by atoms with Gasteiger partial charge in [0.15, 0.2) is 0 Å². The highest BCUT2D eigenvalue weighted by Gasteiger charge is 1.19. The SMILES string of the molecule is Cl.NC=O.NC=O. The first-order valence-corrected chi connectivity index (χ1v) is 1.14. The molecule has 4 nitrogen and oxygen atoms in total. The molecule has 4 N–H and O–H groups in total. The van der Waals surface area contributed by atoms with Crippen LogP contribution in [0.25, 0.3) is 0 Å². The number of primary amides is 2. The fourth-order valence-corrected chi connectivity index (χ4v) is 0. The van der Waals surface area contributed by atoms with Crippen LogP contribution in [-0.2, 0) is 9.59 Å². The van der Waals surface area contributed by atoms with E-state index in [0.717, 1.165) is 0 Å². The molecule has 0 radical (unpaired) electrons. The largest absolute Gasteiger partial charge is 0.372 e. The molecule has 7 heavy (non-hydrogen) atoms. The van der Waals surface area contributed by atoms with Gasteiger partial charge in [-0.05, 0) is 0 Å². The zero-order chi connectivity index (χ0) is 5.41. The Bertz CT molecular complexity index is 34.7. The Hall–Kier alpha value is -0.770. The van der Waals surface area contributed by atoms with Gasteiger partial charge in [-0.2, -0.15) is 0 Å². The van der Waals surface area contributed by atoms with E-state index in [1.807, 2.05) is 0 Å². The van der Waals surface area contributed by atoms with E-state index in [9.17, 15) is 0 Å². The number of hydrogen-bond donors (Lipinski definition) is 2. The average molecular weight is 127 g/mol. The van der Waals surface area contributed by atoms with E-state index in [-0.39, 0.29) is 25.2 Å². The average Bonchev–Trinajstić information content (AvgIpc) is 1.39. The zero-order valence-electron chi connectivity index (χ0n) is 3.53. The fraction of sp³-hybridized carbons (Fsp3) is 0. The molecule has 0 aliphatic rings. The third-order valence-electron chi connectivity index (χ3n) is 0. The first kappa shape index (κ1) is 16.3. The second kappa shape index (κ2) is 61.9. The highest BCUT2D eigenvalue weighted by Crippen LogP contribution is 0.801. The van der Waals surface area contributed by atoms with Crippen molar-refractivity contribution in [1.82, 2.24) is 0 Å². The van der Waals surface area contributed by atoms with Gasteiger partial charge in [0.25, 0.3) is 0 Å². The number of nitrogens with two attached hydrogens (primary N) is 2. The van der Waals surface area contributed by atoms with Crippen LogP contribution in [0.5, 0.6) is 0 Å². The van der Waals surface area contributed by atoms with Crippen molar-refractivity contribution < 1.29 is 9.59 Å². The van der Waals surface area contributed by atoms with Crippen molar-refractivity contribution in [2.75, 3.05) is 0 Å². The van der Waals surface area contributed by atoms with Crippen LogP contribution in [0.2, 0.25) is 0 Å². The molecule has 0 heterocycles. The van der Waals surface area contributed by atoms with Gasteiger partial charge >= 0.3 is 0 Å². The van der Waals surface area contributed by atoms with Gasteiger partial charge in [-0.25, -0.2) is 0 Å². The first-order valence-electron chi connectivity index (χ1n) is 1.14. The summed E-state index contributed by atoms with van der Waals surface area (Å²) in [5.41, 5.74) is 8.33. The van der Waals surface area contributed by atoms with Crippen LogP contribution in [0.15, 0.2) is 0 Å². The Morgan fingerprint density at radius 3 is 1.00 bits per heavy atom. The summed E-state index contributed by atoms with van der Waals surface area (Å²) in [5.74, 6) is 0. The molecule has 0 fully saturated rings. The molecule has 0 rings (SSSR count). The van der Waals surface area contributed by atoms with E-state index in [2.05, 4.69) is 11.5 Å². The Labute approximate surface area is 47.3 Å². The second-order valence-electron chi connectivity index (χ2n) is 0.272. The lowest BCUT2D eigenvalue weighted by atomic mass is 11.5. The van der Waals surface area contributed by atoms with Crippen LogP contribution in [0.1, 0.15) is 0 Å². The Kier molecular flexibility index (Phi) is 144. The summed E-state index contributed by atoms with van der Waals surface area (Å²) in [6.07, 6.45) is 0.500. The van der Waals surface area contributed by atoms with Crippen molar-refractivity contribution in [3.63, 3.8) is 0 Å². The third-order valence-corrected chi connectivity index (χ3v) is 0. The van der Waals surface area contributed by atoms with Gasteiger partial charge in [-0.3, -0.25) is 9.59 Å². The molecule has 0 aromatic heterocycles. The molecule has 0 saturated carbocycles. The van der Waals surface area contributed by atoms with Crippen LogP contribution < -0.4 is 11.5 Å². The minimum Gasteiger partial charge on any atom is -0.372 e. The summed E-state index contributed by atoms with van der Waals surface area (Å²) in [4.78, 5) is 17.2. The molecular weight excluding hydrogens is 119 g/mol. The number of hydrogen-bond acceptors (Lipinski definition) is 2. The van der Waals surface area contributed by atoms with Crippen LogP contribution in [0, 0.1) is 0 Å². The number of carbonyl (C=O) groups excluding carboxylic acids is 2. The standard InChI is InChI=1S/2CH3NO.ClH/c2*2-1-3;/h2*1H,(H2,2,3);1H. The smallest absolute Gasteiger partial charge is 0.204 e. The van der Waals surface area contributed by atoms with Gasteiger partial charge in [-0.15, -0.1) is 12.4 Å². The highest BCUT2D eigenvalue weighted by molar-refractivity contribution is 5.85. The van der Waals surface area contributed by atoms with E-state index in [0.29, 0.717) is 0 Å². The van der Waals surface area contributed by atoms with Crippen LogP contribution >= 0.6 is 12.4 Å². The van der Waals surface area contributed by atoms with E-state index in [4.69, 9.17) is 9.59 Å². The first-order chi connectivity index (χ1) is 2.83. The molecule has 0 aromatic rings. The molecule has 44 valence electrons. The Morgan fingerprint density at radius 2 is 1.00 bits per heavy atom. The van der Waals surface area contributed by atoms with E-state index in [1.54, 1.807) is 0 Å². The zero-order valence-corrected chi connectivity index (χ0v) is 4.35. The van der Waals surface area contributed by atoms with Crippen molar-refractivity contribution in [1.29, 1.82) is 0 Å². The van der Waals surface area contributed by atoms with Crippen molar-refractivity contribution >= 4 is 25.2 Å². The second-order valence-corrected chi connectivity index (χ2v) is 0.272. The van der Waals surface area contributed by atoms with Crippen LogP contribution in [-0.4, -0.2) is 12.8 Å². The molecule has 2 amide bonds. The molecule has 0 saturated heterocycles. The molecule has 0 unspecified atom stereocenters. The quantitative estimate of drug-likeness (QED) is 0.392. The van der Waals surface area contributed by atoms with Crippen LogP contribution in [0.4, 0.5) is 0 Å². The Morgan fingerprint density at radius 1 is 1.00 bits per heavy atom. The number of carbonyl (C=O) groups is 2. The lowest BCUT2D eigenvalue weighted by Crippen LogP contribution is -1.82. The molecule has 0 aliphatic heterocycles. The van der Waals surface area contributed by atoms with Gasteiger partial charge in [-0.1, -0.05) is 0 Å². The van der Waals surface area contributed by atoms with Crippen molar-refractivity contribution in [2.24, 2.45) is 11.5 Å². The van der Waals surface area contributed by atoms with E-state index in [1.165, 1.54) is 0 Å². The molecule has 5 heteroatoms. The number of rotatable bonds is 0. The van der Waals surface area contributed by atoms with Gasteiger partial charge in [0.05, 0.1) is 0 Å². The maximum atomic E-state index is 8.58. The summed E-state index contributed by atoms with van der Waals surface area (Å²) < 4.78 is 0. The summed E-state index contributed by atoms with van der Waals surface area (Å²) in [6, 6.07) is 0. The predicted octanol–water partition coefficient (Wildman–Crippen LogP) is -1.38. The molecule has 0 aromatic carbocycles. The molecular formula is C2H7ClN2O2. The number of halogens is 1.